The van der Waals surface area contributed by atoms with Gasteiger partial charge in [-0.3, -0.25) is 0 Å². The van der Waals surface area contributed by atoms with E-state index < -0.39 is 10.0 Å². The van der Waals surface area contributed by atoms with Crippen molar-refractivity contribution in [3.63, 3.8) is 0 Å². The molecule has 6 heteroatoms. The summed E-state index contributed by atoms with van der Waals surface area (Å²) >= 11 is 0. The fourth-order valence-electron chi connectivity index (χ4n) is 3.52. The highest BCUT2D eigenvalue weighted by atomic mass is 32.2. The van der Waals surface area contributed by atoms with Crippen LogP contribution in [0.3, 0.4) is 0 Å². The van der Waals surface area contributed by atoms with Crippen molar-refractivity contribution in [2.75, 3.05) is 6.61 Å². The first-order valence-corrected chi connectivity index (χ1v) is 11.7. The molecule has 0 aliphatic carbocycles. The molecular weight excluding hydrogens is 408 g/mol. The van der Waals surface area contributed by atoms with Crippen LogP contribution < -0.4 is 4.74 Å². The van der Waals surface area contributed by atoms with Gasteiger partial charge in [-0.25, -0.2) is 8.42 Å². The van der Waals surface area contributed by atoms with E-state index in [0.717, 1.165) is 11.1 Å². The average Bonchev–Trinajstić information content (AvgIpc) is 2.80. The lowest BCUT2D eigenvalue weighted by atomic mass is 10.0. The highest BCUT2D eigenvalue weighted by Gasteiger charge is 2.31. The molecule has 0 bridgehead atoms. The third kappa shape index (κ3) is 5.32. The van der Waals surface area contributed by atoms with E-state index in [-0.39, 0.29) is 17.5 Å². The van der Waals surface area contributed by atoms with Crippen molar-refractivity contribution < 1.29 is 13.2 Å². The number of nitriles is 1. The number of benzene rings is 3. The first kappa shape index (κ1) is 22.5. The zero-order valence-corrected chi connectivity index (χ0v) is 18.5. The van der Waals surface area contributed by atoms with Gasteiger partial charge in [-0.05, 0) is 60.9 Å². The van der Waals surface area contributed by atoms with Gasteiger partial charge in [0.2, 0.25) is 10.0 Å². The molecule has 5 nitrogen and oxygen atoms in total. The molecule has 0 radical (unpaired) electrons. The summed E-state index contributed by atoms with van der Waals surface area (Å²) in [6.07, 6.45) is 0.622. The smallest absolute Gasteiger partial charge is 0.243 e. The van der Waals surface area contributed by atoms with Crippen molar-refractivity contribution in [2.24, 2.45) is 0 Å². The quantitative estimate of drug-likeness (QED) is 0.458. The zero-order valence-electron chi connectivity index (χ0n) is 17.7. The fourth-order valence-corrected chi connectivity index (χ4v) is 5.19. The number of hydrogen-bond donors (Lipinski definition) is 0. The predicted octanol–water partition coefficient (Wildman–Crippen LogP) is 5.30. The van der Waals surface area contributed by atoms with Crippen molar-refractivity contribution in [3.8, 4) is 11.8 Å². The minimum absolute atomic E-state index is 0.203. The minimum atomic E-state index is -3.79. The van der Waals surface area contributed by atoms with Crippen molar-refractivity contribution in [1.82, 2.24) is 4.31 Å². The average molecular weight is 435 g/mol. The lowest BCUT2D eigenvalue weighted by Gasteiger charge is -2.31. The fraction of sp³-hybridized carbons (Fsp3) is 0.240. The van der Waals surface area contributed by atoms with Crippen LogP contribution >= 0.6 is 0 Å². The summed E-state index contributed by atoms with van der Waals surface area (Å²) in [5, 5.41) is 9.06. The highest BCUT2D eigenvalue weighted by molar-refractivity contribution is 7.89. The zero-order chi connectivity index (χ0) is 22.3. The van der Waals surface area contributed by atoms with Crippen molar-refractivity contribution in [2.45, 2.75) is 37.8 Å². The third-order valence-corrected chi connectivity index (χ3v) is 6.95. The molecule has 1 atom stereocenters. The van der Waals surface area contributed by atoms with Gasteiger partial charge >= 0.3 is 0 Å². The molecule has 31 heavy (non-hydrogen) atoms. The second kappa shape index (κ2) is 10.3. The third-order valence-electron chi connectivity index (χ3n) is 5.08. The standard InChI is InChI=1S/C25H26N2O3S/c1-3-25(22-8-6-5-7-9-22)27(19-21-12-10-20(18-26)11-13-21)31(28,29)24-16-14-23(15-17-24)30-4-2/h5-17,25H,3-4,19H2,1-2H3/t25-/m0/s1. The van der Waals surface area contributed by atoms with Crippen LogP contribution in [0.15, 0.2) is 83.8 Å². The van der Waals surface area contributed by atoms with E-state index in [1.54, 1.807) is 52.8 Å². The molecule has 3 aromatic carbocycles. The molecule has 0 saturated carbocycles. The Morgan fingerprint density at radius 2 is 1.58 bits per heavy atom. The summed E-state index contributed by atoms with van der Waals surface area (Å²) in [7, 11) is -3.79. The van der Waals surface area contributed by atoms with E-state index in [1.807, 2.05) is 44.2 Å². The maximum Gasteiger partial charge on any atom is 0.243 e. The van der Waals surface area contributed by atoms with Gasteiger partial charge in [0.15, 0.2) is 0 Å². The van der Waals surface area contributed by atoms with Gasteiger partial charge in [0.25, 0.3) is 0 Å². The van der Waals surface area contributed by atoms with E-state index in [9.17, 15) is 8.42 Å². The van der Waals surface area contributed by atoms with Crippen molar-refractivity contribution in [3.05, 3.63) is 95.6 Å². The summed E-state index contributed by atoms with van der Waals surface area (Å²) in [5.41, 5.74) is 2.30. The van der Waals surface area contributed by atoms with Gasteiger partial charge in [0, 0.05) is 6.54 Å². The Bertz CT molecular complexity index is 1120. The Labute approximate surface area is 184 Å². The van der Waals surface area contributed by atoms with Gasteiger partial charge in [-0.1, -0.05) is 49.4 Å². The molecule has 0 aliphatic rings. The van der Waals surface area contributed by atoms with Crippen LogP contribution in [0.4, 0.5) is 0 Å². The van der Waals surface area contributed by atoms with Crippen LogP contribution in [0.2, 0.25) is 0 Å². The summed E-state index contributed by atoms with van der Waals surface area (Å²) in [6.45, 7) is 4.59. The van der Waals surface area contributed by atoms with Crippen molar-refractivity contribution in [1.29, 1.82) is 5.26 Å². The second-order valence-corrected chi connectivity index (χ2v) is 8.99. The number of rotatable bonds is 9. The van der Waals surface area contributed by atoms with Gasteiger partial charge in [-0.15, -0.1) is 0 Å². The molecule has 160 valence electrons. The second-order valence-electron chi connectivity index (χ2n) is 7.10. The Morgan fingerprint density at radius 3 is 2.13 bits per heavy atom. The number of sulfonamides is 1. The van der Waals surface area contributed by atoms with Crippen LogP contribution in [-0.4, -0.2) is 19.3 Å². The van der Waals surface area contributed by atoms with Crippen LogP contribution in [0.1, 0.15) is 43.0 Å². The highest BCUT2D eigenvalue weighted by Crippen LogP contribution is 2.32. The van der Waals surface area contributed by atoms with E-state index in [4.69, 9.17) is 10.00 Å². The molecule has 0 fully saturated rings. The summed E-state index contributed by atoms with van der Waals surface area (Å²) < 4.78 is 34.5. The topological polar surface area (TPSA) is 70.4 Å². The Hall–Kier alpha value is -3.14. The Kier molecular flexibility index (Phi) is 7.45. The van der Waals surface area contributed by atoms with Crippen molar-refractivity contribution >= 4 is 10.0 Å². The SMILES string of the molecule is CCOc1ccc(S(=O)(=O)N(Cc2ccc(C#N)cc2)[C@@H](CC)c2ccccc2)cc1. The molecule has 0 aliphatic heterocycles. The van der Waals surface area contributed by atoms with Crippen LogP contribution in [0.5, 0.6) is 5.75 Å². The molecular formula is C25H26N2O3S. The maximum absolute atomic E-state index is 13.7. The lowest BCUT2D eigenvalue weighted by molar-refractivity contribution is 0.309. The summed E-state index contributed by atoms with van der Waals surface area (Å²) in [6, 6.07) is 25.0. The number of hydrogen-bond acceptors (Lipinski definition) is 4. The van der Waals surface area contributed by atoms with Crippen LogP contribution in [0.25, 0.3) is 0 Å². The molecule has 0 spiro atoms. The van der Waals surface area contributed by atoms with Gasteiger partial charge in [0.1, 0.15) is 5.75 Å². The normalized spacial score (nSPS) is 12.3. The van der Waals surface area contributed by atoms with Crippen LogP contribution in [-0.2, 0) is 16.6 Å². The summed E-state index contributed by atoms with van der Waals surface area (Å²) in [4.78, 5) is 0.221. The number of nitrogens with zero attached hydrogens (tertiary/aromatic N) is 2. The first-order valence-electron chi connectivity index (χ1n) is 10.3. The molecule has 0 amide bonds. The van der Waals surface area contributed by atoms with E-state index in [0.29, 0.717) is 24.3 Å². The largest absolute Gasteiger partial charge is 0.494 e. The molecule has 3 aromatic rings. The van der Waals surface area contributed by atoms with Gasteiger partial charge in [0.05, 0.1) is 29.2 Å². The Balaban J connectivity index is 2.03. The monoisotopic (exact) mass is 434 g/mol. The maximum atomic E-state index is 13.7. The summed E-state index contributed by atoms with van der Waals surface area (Å²) in [5.74, 6) is 0.634. The van der Waals surface area contributed by atoms with Crippen LogP contribution in [0, 0.1) is 11.3 Å². The van der Waals surface area contributed by atoms with Gasteiger partial charge in [-0.2, -0.15) is 9.57 Å². The van der Waals surface area contributed by atoms with E-state index in [1.165, 1.54) is 0 Å². The van der Waals surface area contributed by atoms with E-state index >= 15 is 0 Å². The minimum Gasteiger partial charge on any atom is -0.494 e. The molecule has 0 saturated heterocycles. The molecule has 0 unspecified atom stereocenters. The first-order chi connectivity index (χ1) is 15.0. The Morgan fingerprint density at radius 1 is 0.935 bits per heavy atom. The number of ether oxygens (including phenoxy) is 1. The molecule has 3 rings (SSSR count). The molecule has 0 N–H and O–H groups in total. The van der Waals surface area contributed by atoms with E-state index in [2.05, 4.69) is 6.07 Å². The molecule has 0 heterocycles. The predicted molar refractivity (Wildman–Crippen MR) is 121 cm³/mol. The van der Waals surface area contributed by atoms with Gasteiger partial charge < -0.3 is 4.74 Å². The molecule has 0 aromatic heterocycles. The lowest BCUT2D eigenvalue weighted by Crippen LogP contribution is -2.34.